The first-order valence-corrected chi connectivity index (χ1v) is 5.38. The van der Waals surface area contributed by atoms with Gasteiger partial charge in [-0.05, 0) is 25.5 Å². The lowest BCUT2D eigenvalue weighted by molar-refractivity contribution is -0.130. The van der Waals surface area contributed by atoms with Gasteiger partial charge in [0.15, 0.2) is 11.5 Å². The molecule has 0 aliphatic carbocycles. The van der Waals surface area contributed by atoms with E-state index in [2.05, 4.69) is 6.58 Å². The van der Waals surface area contributed by atoms with Gasteiger partial charge in [0.05, 0.1) is 6.61 Å². The van der Waals surface area contributed by atoms with Crippen LogP contribution in [0.4, 0.5) is 0 Å². The fourth-order valence-electron chi connectivity index (χ4n) is 1.09. The molecule has 1 N–H and O–H groups in total. The highest BCUT2D eigenvalue weighted by Gasteiger charge is 2.11. The second kappa shape index (κ2) is 5.94. The average Bonchev–Trinajstić information content (AvgIpc) is 2.29. The van der Waals surface area contributed by atoms with Gasteiger partial charge in [-0.3, -0.25) is 0 Å². The molecule has 0 unspecified atom stereocenters. The maximum atomic E-state index is 11.4. The van der Waals surface area contributed by atoms with Crippen LogP contribution < -0.4 is 9.47 Å². The number of carbonyl (C=O) groups excluding carboxylic acids is 1. The Hall–Kier alpha value is -1.97. The van der Waals surface area contributed by atoms with Gasteiger partial charge in [0.1, 0.15) is 5.75 Å². The molecule has 0 aliphatic heterocycles. The number of esters is 1. The summed E-state index contributed by atoms with van der Waals surface area (Å²) in [5, 5.41) is 9.34. The predicted octanol–water partition coefficient (Wildman–Crippen LogP) is 2.66. The number of hydrogen-bond acceptors (Lipinski definition) is 4. The van der Waals surface area contributed by atoms with Crippen LogP contribution in [0.1, 0.15) is 20.3 Å². The number of phenols is 1. The largest absolute Gasteiger partial charge is 0.508 e. The first-order chi connectivity index (χ1) is 8.04. The van der Waals surface area contributed by atoms with E-state index in [0.717, 1.165) is 6.42 Å². The molecule has 1 aromatic rings. The number of phenolic OH excluding ortho intramolecular Hbond substituents is 1. The zero-order chi connectivity index (χ0) is 12.8. The quantitative estimate of drug-likeness (QED) is 0.485. The second-order valence-electron chi connectivity index (χ2n) is 3.65. The van der Waals surface area contributed by atoms with Crippen molar-refractivity contribution in [3.8, 4) is 17.2 Å². The predicted molar refractivity (Wildman–Crippen MR) is 64.3 cm³/mol. The molecule has 0 atom stereocenters. The van der Waals surface area contributed by atoms with Gasteiger partial charge in [0.25, 0.3) is 0 Å². The molecule has 0 spiro atoms. The van der Waals surface area contributed by atoms with Gasteiger partial charge in [-0.15, -0.1) is 0 Å². The molecule has 4 nitrogen and oxygen atoms in total. The van der Waals surface area contributed by atoms with Crippen LogP contribution in [0.2, 0.25) is 0 Å². The van der Waals surface area contributed by atoms with E-state index in [4.69, 9.17) is 9.47 Å². The minimum Gasteiger partial charge on any atom is -0.508 e. The first kappa shape index (κ1) is 13.1. The lowest BCUT2D eigenvalue weighted by atomic mass is 10.3. The SMILES string of the molecule is C=C(C)C(=O)Oc1ccc(O)cc1OCCC. The lowest BCUT2D eigenvalue weighted by Crippen LogP contribution is -2.09. The minimum absolute atomic E-state index is 0.0613. The van der Waals surface area contributed by atoms with Crippen molar-refractivity contribution in [2.75, 3.05) is 6.61 Å². The van der Waals surface area contributed by atoms with Crippen LogP contribution in [0.5, 0.6) is 17.2 Å². The molecule has 0 amide bonds. The topological polar surface area (TPSA) is 55.8 Å². The van der Waals surface area contributed by atoms with Crippen molar-refractivity contribution in [3.05, 3.63) is 30.4 Å². The molecule has 0 aliphatic rings. The maximum Gasteiger partial charge on any atom is 0.338 e. The fourth-order valence-corrected chi connectivity index (χ4v) is 1.09. The Morgan fingerprint density at radius 3 is 2.71 bits per heavy atom. The van der Waals surface area contributed by atoms with Gasteiger partial charge >= 0.3 is 5.97 Å². The Bertz CT molecular complexity index is 423. The van der Waals surface area contributed by atoms with E-state index < -0.39 is 5.97 Å². The molecule has 1 aromatic carbocycles. The van der Waals surface area contributed by atoms with Gasteiger partial charge in [0.2, 0.25) is 0 Å². The van der Waals surface area contributed by atoms with E-state index in [9.17, 15) is 9.90 Å². The van der Waals surface area contributed by atoms with Crippen LogP contribution in [0.25, 0.3) is 0 Å². The van der Waals surface area contributed by atoms with Crippen LogP contribution in [0.15, 0.2) is 30.4 Å². The number of carbonyl (C=O) groups is 1. The zero-order valence-electron chi connectivity index (χ0n) is 10.0. The summed E-state index contributed by atoms with van der Waals surface area (Å²) in [5.41, 5.74) is 0.305. The lowest BCUT2D eigenvalue weighted by Gasteiger charge is -2.11. The molecular weight excluding hydrogens is 220 g/mol. The van der Waals surface area contributed by atoms with Crippen molar-refractivity contribution in [2.45, 2.75) is 20.3 Å². The molecule has 92 valence electrons. The monoisotopic (exact) mass is 236 g/mol. The maximum absolute atomic E-state index is 11.4. The van der Waals surface area contributed by atoms with Crippen molar-refractivity contribution < 1.29 is 19.4 Å². The fraction of sp³-hybridized carbons (Fsp3) is 0.308. The van der Waals surface area contributed by atoms with E-state index in [0.29, 0.717) is 17.9 Å². The number of hydrogen-bond donors (Lipinski definition) is 1. The third-order valence-electron chi connectivity index (χ3n) is 1.94. The third kappa shape index (κ3) is 3.83. The summed E-state index contributed by atoms with van der Waals surface area (Å²) in [6, 6.07) is 4.33. The van der Waals surface area contributed by atoms with Crippen molar-refractivity contribution in [3.63, 3.8) is 0 Å². The molecule has 0 fully saturated rings. The summed E-state index contributed by atoms with van der Waals surface area (Å²) in [6.07, 6.45) is 0.823. The smallest absolute Gasteiger partial charge is 0.338 e. The van der Waals surface area contributed by atoms with Crippen molar-refractivity contribution in [2.24, 2.45) is 0 Å². The van der Waals surface area contributed by atoms with Crippen LogP contribution in [0, 0.1) is 0 Å². The van der Waals surface area contributed by atoms with Gasteiger partial charge < -0.3 is 14.6 Å². The van der Waals surface area contributed by atoms with Crippen LogP contribution >= 0.6 is 0 Å². The standard InChI is InChI=1S/C13H16O4/c1-4-7-16-12-8-10(14)5-6-11(12)17-13(15)9(2)3/h5-6,8,14H,2,4,7H2,1,3H3. The molecule has 0 radical (unpaired) electrons. The second-order valence-corrected chi connectivity index (χ2v) is 3.65. The summed E-state index contributed by atoms with van der Waals surface area (Å²) in [7, 11) is 0. The van der Waals surface area contributed by atoms with Gasteiger partial charge in [0, 0.05) is 11.6 Å². The van der Waals surface area contributed by atoms with Gasteiger partial charge in [-0.2, -0.15) is 0 Å². The van der Waals surface area contributed by atoms with Crippen LogP contribution in [-0.2, 0) is 4.79 Å². The molecule has 17 heavy (non-hydrogen) atoms. The molecular formula is C13H16O4. The van der Waals surface area contributed by atoms with E-state index in [1.54, 1.807) is 6.92 Å². The highest BCUT2D eigenvalue weighted by atomic mass is 16.6. The molecule has 4 heteroatoms. The van der Waals surface area contributed by atoms with E-state index in [1.807, 2.05) is 6.92 Å². The molecule has 0 saturated carbocycles. The molecule has 0 saturated heterocycles. The van der Waals surface area contributed by atoms with E-state index in [1.165, 1.54) is 18.2 Å². The number of aromatic hydroxyl groups is 1. The Balaban J connectivity index is 2.89. The van der Waals surface area contributed by atoms with Crippen LogP contribution in [0.3, 0.4) is 0 Å². The third-order valence-corrected chi connectivity index (χ3v) is 1.94. The summed E-state index contributed by atoms with van der Waals surface area (Å²) in [4.78, 5) is 11.4. The summed E-state index contributed by atoms with van der Waals surface area (Å²) < 4.78 is 10.5. The Labute approximate surface area is 100 Å². The first-order valence-electron chi connectivity index (χ1n) is 5.38. The summed E-state index contributed by atoms with van der Waals surface area (Å²) in [6.45, 7) is 7.51. The summed E-state index contributed by atoms with van der Waals surface area (Å²) in [5.74, 6) is 0.175. The van der Waals surface area contributed by atoms with Crippen molar-refractivity contribution >= 4 is 5.97 Å². The zero-order valence-corrected chi connectivity index (χ0v) is 10.0. The molecule has 0 aromatic heterocycles. The highest BCUT2D eigenvalue weighted by Crippen LogP contribution is 2.31. The van der Waals surface area contributed by atoms with Crippen molar-refractivity contribution in [1.29, 1.82) is 0 Å². The van der Waals surface area contributed by atoms with Gasteiger partial charge in [-0.1, -0.05) is 13.5 Å². The highest BCUT2D eigenvalue weighted by molar-refractivity contribution is 5.89. The Morgan fingerprint density at radius 2 is 2.12 bits per heavy atom. The molecule has 0 heterocycles. The molecule has 0 bridgehead atoms. The minimum atomic E-state index is -0.517. The van der Waals surface area contributed by atoms with E-state index >= 15 is 0 Å². The normalized spacial score (nSPS) is 9.76. The van der Waals surface area contributed by atoms with E-state index in [-0.39, 0.29) is 11.5 Å². The average molecular weight is 236 g/mol. The van der Waals surface area contributed by atoms with Gasteiger partial charge in [-0.25, -0.2) is 4.79 Å². The number of rotatable bonds is 5. The van der Waals surface area contributed by atoms with Crippen LogP contribution in [-0.4, -0.2) is 17.7 Å². The number of ether oxygens (including phenoxy) is 2. The Kier molecular flexibility index (Phi) is 4.57. The summed E-state index contributed by atoms with van der Waals surface area (Å²) >= 11 is 0. The Morgan fingerprint density at radius 1 is 1.41 bits per heavy atom. The van der Waals surface area contributed by atoms with Crippen molar-refractivity contribution in [1.82, 2.24) is 0 Å². The number of benzene rings is 1. The molecule has 1 rings (SSSR count).